The third-order valence-electron chi connectivity index (χ3n) is 3.44. The minimum Gasteiger partial charge on any atom is -0.464 e. The number of nitrogens with one attached hydrogen (secondary N) is 1. The minimum absolute atomic E-state index is 0.339. The van der Waals surface area contributed by atoms with Gasteiger partial charge in [-0.25, -0.2) is 4.98 Å². The molecule has 0 saturated carbocycles. The second kappa shape index (κ2) is 4.37. The zero-order valence-corrected chi connectivity index (χ0v) is 9.85. The number of nitrogens with zero attached hydrogens (tertiary/aromatic N) is 1. The highest BCUT2D eigenvalue weighted by Crippen LogP contribution is 2.24. The van der Waals surface area contributed by atoms with Crippen molar-refractivity contribution in [2.45, 2.75) is 19.4 Å². The van der Waals surface area contributed by atoms with E-state index in [2.05, 4.69) is 17.2 Å². The Morgan fingerprint density at radius 3 is 3.24 bits per heavy atom. The van der Waals surface area contributed by atoms with Crippen LogP contribution < -0.4 is 5.32 Å². The van der Waals surface area contributed by atoms with Crippen molar-refractivity contribution in [3.8, 4) is 0 Å². The largest absolute Gasteiger partial charge is 0.464 e. The van der Waals surface area contributed by atoms with Crippen LogP contribution in [0.4, 0.5) is 5.82 Å². The van der Waals surface area contributed by atoms with Crippen molar-refractivity contribution in [1.29, 1.82) is 0 Å². The number of furan rings is 1. The average molecular weight is 232 g/mol. The Bertz CT molecular complexity index is 509. The van der Waals surface area contributed by atoms with E-state index in [1.54, 1.807) is 12.5 Å². The number of pyridine rings is 1. The fourth-order valence-corrected chi connectivity index (χ4v) is 2.31. The van der Waals surface area contributed by atoms with Crippen LogP contribution in [-0.4, -0.2) is 24.2 Å². The Morgan fingerprint density at radius 1 is 1.47 bits per heavy atom. The van der Waals surface area contributed by atoms with Gasteiger partial charge in [0.25, 0.3) is 0 Å². The first-order valence-corrected chi connectivity index (χ1v) is 6.02. The summed E-state index contributed by atoms with van der Waals surface area (Å²) in [6.45, 7) is 3.90. The molecule has 0 bridgehead atoms. The van der Waals surface area contributed by atoms with Gasteiger partial charge in [0.15, 0.2) is 0 Å². The first kappa shape index (κ1) is 10.6. The molecule has 4 heteroatoms. The van der Waals surface area contributed by atoms with Gasteiger partial charge in [0.05, 0.1) is 17.8 Å². The lowest BCUT2D eigenvalue weighted by molar-refractivity contribution is 0.108. The predicted molar refractivity (Wildman–Crippen MR) is 66.0 cm³/mol. The summed E-state index contributed by atoms with van der Waals surface area (Å²) < 4.78 is 10.9. The monoisotopic (exact) mass is 232 g/mol. The fourth-order valence-electron chi connectivity index (χ4n) is 2.31. The van der Waals surface area contributed by atoms with Crippen LogP contribution in [0, 0.1) is 5.92 Å². The fraction of sp³-hybridized carbons (Fsp3) is 0.462. The molecule has 0 aliphatic carbocycles. The zero-order valence-electron chi connectivity index (χ0n) is 9.85. The van der Waals surface area contributed by atoms with Gasteiger partial charge in [-0.1, -0.05) is 0 Å². The van der Waals surface area contributed by atoms with E-state index in [9.17, 15) is 0 Å². The molecule has 3 heterocycles. The van der Waals surface area contributed by atoms with Gasteiger partial charge in [-0.15, -0.1) is 0 Å². The Balaban J connectivity index is 1.74. The SMILES string of the molecule is CC1OCCC1CNc1nccc2occc12. The van der Waals surface area contributed by atoms with E-state index in [-0.39, 0.29) is 0 Å². The lowest BCUT2D eigenvalue weighted by atomic mass is 10.0. The van der Waals surface area contributed by atoms with Crippen LogP contribution in [-0.2, 0) is 4.74 Å². The molecular formula is C13H16N2O2. The van der Waals surface area contributed by atoms with Gasteiger partial charge < -0.3 is 14.5 Å². The van der Waals surface area contributed by atoms with Crippen molar-refractivity contribution in [2.24, 2.45) is 5.92 Å². The molecule has 1 saturated heterocycles. The second-order valence-electron chi connectivity index (χ2n) is 4.50. The van der Waals surface area contributed by atoms with Crippen LogP contribution in [0.25, 0.3) is 11.0 Å². The third-order valence-corrected chi connectivity index (χ3v) is 3.44. The average Bonchev–Trinajstić information content (AvgIpc) is 2.95. The number of hydrogen-bond donors (Lipinski definition) is 1. The minimum atomic E-state index is 0.339. The Hall–Kier alpha value is -1.55. The number of fused-ring (bicyclic) bond motifs is 1. The molecule has 2 atom stereocenters. The normalized spacial score (nSPS) is 24.3. The molecule has 4 nitrogen and oxygen atoms in total. The van der Waals surface area contributed by atoms with E-state index in [0.29, 0.717) is 12.0 Å². The Kier molecular flexibility index (Phi) is 2.73. The van der Waals surface area contributed by atoms with E-state index in [1.165, 1.54) is 0 Å². The first-order valence-electron chi connectivity index (χ1n) is 6.02. The van der Waals surface area contributed by atoms with Crippen LogP contribution >= 0.6 is 0 Å². The van der Waals surface area contributed by atoms with Gasteiger partial charge in [0, 0.05) is 25.3 Å². The first-order chi connectivity index (χ1) is 8.34. The smallest absolute Gasteiger partial charge is 0.139 e. The van der Waals surface area contributed by atoms with Gasteiger partial charge in [-0.05, 0) is 25.5 Å². The van der Waals surface area contributed by atoms with Crippen molar-refractivity contribution in [1.82, 2.24) is 4.98 Å². The molecule has 2 unspecified atom stereocenters. The van der Waals surface area contributed by atoms with Crippen molar-refractivity contribution >= 4 is 16.8 Å². The summed E-state index contributed by atoms with van der Waals surface area (Å²) in [4.78, 5) is 4.35. The van der Waals surface area contributed by atoms with Crippen molar-refractivity contribution < 1.29 is 9.15 Å². The molecule has 1 N–H and O–H groups in total. The van der Waals surface area contributed by atoms with E-state index in [4.69, 9.17) is 9.15 Å². The molecular weight excluding hydrogens is 216 g/mol. The lowest BCUT2D eigenvalue weighted by Crippen LogP contribution is -2.21. The van der Waals surface area contributed by atoms with E-state index in [0.717, 1.165) is 36.4 Å². The highest BCUT2D eigenvalue weighted by Gasteiger charge is 2.24. The van der Waals surface area contributed by atoms with Crippen molar-refractivity contribution in [2.75, 3.05) is 18.5 Å². The third kappa shape index (κ3) is 2.00. The standard InChI is InChI=1S/C13H16N2O2/c1-9-10(3-6-16-9)8-15-13-11-4-7-17-12(11)2-5-14-13/h2,4-5,7,9-10H,3,6,8H2,1H3,(H,14,15). The molecule has 0 spiro atoms. The van der Waals surface area contributed by atoms with Gasteiger partial charge in [-0.3, -0.25) is 0 Å². The molecule has 2 aromatic rings. The highest BCUT2D eigenvalue weighted by atomic mass is 16.5. The molecule has 3 rings (SSSR count). The molecule has 1 aliphatic heterocycles. The summed E-state index contributed by atoms with van der Waals surface area (Å²) in [6, 6.07) is 3.82. The molecule has 90 valence electrons. The number of aromatic nitrogens is 1. The second-order valence-corrected chi connectivity index (χ2v) is 4.50. The molecule has 0 aromatic carbocycles. The molecule has 1 fully saturated rings. The quantitative estimate of drug-likeness (QED) is 0.883. The molecule has 2 aromatic heterocycles. The maximum absolute atomic E-state index is 5.55. The van der Waals surface area contributed by atoms with Gasteiger partial charge in [0.2, 0.25) is 0 Å². The van der Waals surface area contributed by atoms with Crippen LogP contribution in [0.15, 0.2) is 29.0 Å². The molecule has 1 aliphatic rings. The number of ether oxygens (including phenoxy) is 1. The summed E-state index contributed by atoms with van der Waals surface area (Å²) in [5.41, 5.74) is 0.873. The van der Waals surface area contributed by atoms with Crippen LogP contribution in [0.3, 0.4) is 0 Å². The summed E-state index contributed by atoms with van der Waals surface area (Å²) >= 11 is 0. The van der Waals surface area contributed by atoms with E-state index < -0.39 is 0 Å². The van der Waals surface area contributed by atoms with Crippen LogP contribution in [0.5, 0.6) is 0 Å². The Morgan fingerprint density at radius 2 is 2.41 bits per heavy atom. The summed E-state index contributed by atoms with van der Waals surface area (Å²) in [5, 5.41) is 4.44. The maximum Gasteiger partial charge on any atom is 0.139 e. The number of anilines is 1. The van der Waals surface area contributed by atoms with Crippen molar-refractivity contribution in [3.05, 3.63) is 24.6 Å². The lowest BCUT2D eigenvalue weighted by Gasteiger charge is -2.15. The molecule has 0 radical (unpaired) electrons. The topological polar surface area (TPSA) is 47.3 Å². The number of hydrogen-bond acceptors (Lipinski definition) is 4. The van der Waals surface area contributed by atoms with Crippen LogP contribution in [0.2, 0.25) is 0 Å². The molecule has 0 amide bonds. The predicted octanol–water partition coefficient (Wildman–Crippen LogP) is 2.66. The maximum atomic E-state index is 5.55. The van der Waals surface area contributed by atoms with Crippen molar-refractivity contribution in [3.63, 3.8) is 0 Å². The van der Waals surface area contributed by atoms with Gasteiger partial charge in [-0.2, -0.15) is 0 Å². The summed E-state index contributed by atoms with van der Waals surface area (Å²) in [6.07, 6.45) is 4.92. The highest BCUT2D eigenvalue weighted by molar-refractivity contribution is 5.87. The Labute approximate surface area is 100.0 Å². The van der Waals surface area contributed by atoms with Crippen LogP contribution in [0.1, 0.15) is 13.3 Å². The van der Waals surface area contributed by atoms with Gasteiger partial charge in [0.1, 0.15) is 11.4 Å². The summed E-state index contributed by atoms with van der Waals surface area (Å²) in [7, 11) is 0. The molecule has 17 heavy (non-hydrogen) atoms. The number of rotatable bonds is 3. The zero-order chi connectivity index (χ0) is 11.7. The van der Waals surface area contributed by atoms with Gasteiger partial charge >= 0.3 is 0 Å². The van der Waals surface area contributed by atoms with E-state index >= 15 is 0 Å². The van der Waals surface area contributed by atoms with E-state index in [1.807, 2.05) is 12.1 Å². The summed E-state index contributed by atoms with van der Waals surface area (Å²) in [5.74, 6) is 1.47.